The number of H-pyrrole nitrogens is 1. The number of morpholine rings is 1. The normalized spacial score (nSPS) is 16.3. The molecule has 1 saturated heterocycles. The van der Waals surface area contributed by atoms with Crippen LogP contribution in [0.1, 0.15) is 16.7 Å². The van der Waals surface area contributed by atoms with Crippen LogP contribution in [0.25, 0.3) is 10.9 Å². The Kier molecular flexibility index (Phi) is 7.89. The monoisotopic (exact) mass is 497 g/mol. The molecule has 0 radical (unpaired) electrons. The number of amides is 2. The quantitative estimate of drug-likeness (QED) is 0.413. The van der Waals surface area contributed by atoms with Gasteiger partial charge in [-0.2, -0.15) is 5.26 Å². The first-order valence-corrected chi connectivity index (χ1v) is 10.6. The predicted octanol–water partition coefficient (Wildman–Crippen LogP) is 1.32. The van der Waals surface area contributed by atoms with E-state index >= 15 is 0 Å². The van der Waals surface area contributed by atoms with Crippen molar-refractivity contribution in [3.05, 3.63) is 69.5 Å². The molecule has 0 aliphatic carbocycles. The second-order valence-electron chi connectivity index (χ2n) is 7.96. The van der Waals surface area contributed by atoms with Crippen molar-refractivity contribution in [2.75, 3.05) is 23.4 Å². The standard InChI is InChI=1S/C24H23N5O5.ClH/c1-13-8-14-3-5-18(10-19(14)28-22(13)31)29-6-7-34-21(24(29)33)20(30)23(32)27-17-4-2-15(11-25)16(9-17)12-26;/h2-5,8-10,20-21,30H,6-7,12,26H2,1H3,(H,27,32)(H,28,31);1H/t20-,21-;/m1./s1. The van der Waals surface area contributed by atoms with Crippen LogP contribution < -0.4 is 21.5 Å². The molecule has 2 atom stereocenters. The molecule has 4 rings (SSSR count). The van der Waals surface area contributed by atoms with E-state index in [2.05, 4.69) is 10.3 Å². The number of aliphatic hydroxyl groups is 1. The van der Waals surface area contributed by atoms with E-state index in [1.54, 1.807) is 31.2 Å². The fourth-order valence-corrected chi connectivity index (χ4v) is 3.86. The van der Waals surface area contributed by atoms with Crippen molar-refractivity contribution in [2.45, 2.75) is 25.7 Å². The number of nitrogens with one attached hydrogen (secondary N) is 2. The molecular formula is C24H24ClN5O5. The Bertz CT molecular complexity index is 1380. The molecule has 2 aromatic carbocycles. The highest BCUT2D eigenvalue weighted by atomic mass is 35.5. The summed E-state index contributed by atoms with van der Waals surface area (Å²) in [6.45, 7) is 2.15. The minimum absolute atomic E-state index is 0. The van der Waals surface area contributed by atoms with Crippen LogP contribution >= 0.6 is 12.4 Å². The van der Waals surface area contributed by atoms with Crippen molar-refractivity contribution in [1.29, 1.82) is 5.26 Å². The fraction of sp³-hybridized carbons (Fsp3) is 0.250. The molecule has 35 heavy (non-hydrogen) atoms. The van der Waals surface area contributed by atoms with Crippen molar-refractivity contribution >= 4 is 46.5 Å². The van der Waals surface area contributed by atoms with E-state index in [4.69, 9.17) is 15.7 Å². The third kappa shape index (κ3) is 5.18. The van der Waals surface area contributed by atoms with Gasteiger partial charge in [0, 0.05) is 30.0 Å². The van der Waals surface area contributed by atoms with Crippen LogP contribution in [0.4, 0.5) is 11.4 Å². The number of nitrogens with zero attached hydrogens (tertiary/aromatic N) is 2. The van der Waals surface area contributed by atoms with E-state index < -0.39 is 24.0 Å². The van der Waals surface area contributed by atoms with Gasteiger partial charge in [0.2, 0.25) is 0 Å². The maximum atomic E-state index is 13.1. The molecule has 2 heterocycles. The molecule has 0 unspecified atom stereocenters. The van der Waals surface area contributed by atoms with Gasteiger partial charge in [-0.1, -0.05) is 6.07 Å². The number of hydrogen-bond donors (Lipinski definition) is 4. The van der Waals surface area contributed by atoms with Gasteiger partial charge in [-0.15, -0.1) is 12.4 Å². The largest absolute Gasteiger partial charge is 0.380 e. The summed E-state index contributed by atoms with van der Waals surface area (Å²) in [5.74, 6) is -1.41. The summed E-state index contributed by atoms with van der Waals surface area (Å²) in [6, 6.07) is 13.5. The second kappa shape index (κ2) is 10.7. The third-order valence-corrected chi connectivity index (χ3v) is 5.72. The summed E-state index contributed by atoms with van der Waals surface area (Å²) < 4.78 is 5.44. The maximum Gasteiger partial charge on any atom is 0.259 e. The average molecular weight is 498 g/mol. The number of pyridine rings is 1. The minimum atomic E-state index is -1.77. The van der Waals surface area contributed by atoms with Gasteiger partial charge < -0.3 is 30.8 Å². The maximum absolute atomic E-state index is 13.1. The smallest absolute Gasteiger partial charge is 0.259 e. The molecule has 3 aromatic rings. The van der Waals surface area contributed by atoms with Gasteiger partial charge in [0.1, 0.15) is 0 Å². The Hall–Kier alpha value is -3.75. The number of fused-ring (bicyclic) bond motifs is 1. The Morgan fingerprint density at radius 2 is 2.09 bits per heavy atom. The van der Waals surface area contributed by atoms with E-state index in [0.717, 1.165) is 5.39 Å². The number of aryl methyl sites for hydroxylation is 1. The average Bonchev–Trinajstić information content (AvgIpc) is 2.84. The Morgan fingerprint density at radius 3 is 2.80 bits per heavy atom. The number of aromatic nitrogens is 1. The van der Waals surface area contributed by atoms with Crippen molar-refractivity contribution in [1.82, 2.24) is 4.98 Å². The summed E-state index contributed by atoms with van der Waals surface area (Å²) in [6.07, 6.45) is -3.18. The van der Waals surface area contributed by atoms with Crippen molar-refractivity contribution in [2.24, 2.45) is 5.73 Å². The van der Waals surface area contributed by atoms with Gasteiger partial charge in [-0.05, 0) is 54.3 Å². The predicted molar refractivity (Wildman–Crippen MR) is 132 cm³/mol. The first-order chi connectivity index (χ1) is 16.3. The first kappa shape index (κ1) is 25.9. The number of carbonyl (C=O) groups excluding carboxylic acids is 2. The Balaban J connectivity index is 0.00000342. The van der Waals surface area contributed by atoms with Crippen molar-refractivity contribution in [3.8, 4) is 6.07 Å². The molecule has 10 nitrogen and oxygen atoms in total. The van der Waals surface area contributed by atoms with Crippen LogP contribution in [0.2, 0.25) is 0 Å². The van der Waals surface area contributed by atoms with Gasteiger partial charge in [0.15, 0.2) is 12.2 Å². The van der Waals surface area contributed by atoms with Crippen LogP contribution in [0.5, 0.6) is 0 Å². The fourth-order valence-electron chi connectivity index (χ4n) is 3.86. The molecule has 2 amide bonds. The summed E-state index contributed by atoms with van der Waals surface area (Å²) in [5.41, 5.74) is 8.33. The van der Waals surface area contributed by atoms with Crippen LogP contribution in [0, 0.1) is 18.3 Å². The molecule has 0 saturated carbocycles. The number of ether oxygens (including phenoxy) is 1. The van der Waals surface area contributed by atoms with E-state index in [1.165, 1.54) is 23.1 Å². The molecule has 0 bridgehead atoms. The summed E-state index contributed by atoms with van der Waals surface area (Å²) in [5, 5.41) is 23.0. The molecule has 0 spiro atoms. The SMILES string of the molecule is Cc1cc2ccc(N3CCO[C@H]([C@@H](O)C(=O)Nc4ccc(C#N)c(CN)c4)C3=O)cc2[nH]c1=O.Cl. The number of benzene rings is 2. The number of halogens is 1. The first-order valence-electron chi connectivity index (χ1n) is 10.6. The highest BCUT2D eigenvalue weighted by Gasteiger charge is 2.39. The lowest BCUT2D eigenvalue weighted by molar-refractivity contribution is -0.150. The number of hydrogen-bond acceptors (Lipinski definition) is 7. The molecule has 1 aliphatic rings. The highest BCUT2D eigenvalue weighted by Crippen LogP contribution is 2.25. The molecule has 1 aromatic heterocycles. The molecule has 1 aliphatic heterocycles. The summed E-state index contributed by atoms with van der Waals surface area (Å²) in [4.78, 5) is 41.9. The number of nitriles is 1. The lowest BCUT2D eigenvalue weighted by Crippen LogP contribution is -2.55. The van der Waals surface area contributed by atoms with Gasteiger partial charge in [0.25, 0.3) is 17.4 Å². The zero-order chi connectivity index (χ0) is 24.4. The van der Waals surface area contributed by atoms with Crippen LogP contribution in [0.15, 0.2) is 47.3 Å². The van der Waals surface area contributed by atoms with Crippen LogP contribution in [-0.2, 0) is 20.9 Å². The summed E-state index contributed by atoms with van der Waals surface area (Å²) >= 11 is 0. The zero-order valence-electron chi connectivity index (χ0n) is 18.8. The lowest BCUT2D eigenvalue weighted by atomic mass is 10.1. The Morgan fingerprint density at radius 1 is 1.31 bits per heavy atom. The lowest BCUT2D eigenvalue weighted by Gasteiger charge is -2.34. The third-order valence-electron chi connectivity index (χ3n) is 5.72. The van der Waals surface area contributed by atoms with Crippen LogP contribution in [-0.4, -0.2) is 47.3 Å². The Labute approximate surface area is 206 Å². The molecular weight excluding hydrogens is 474 g/mol. The number of aliphatic hydroxyl groups excluding tert-OH is 1. The molecule has 5 N–H and O–H groups in total. The van der Waals surface area contributed by atoms with Gasteiger partial charge >= 0.3 is 0 Å². The van der Waals surface area contributed by atoms with Gasteiger partial charge in [-0.3, -0.25) is 14.4 Å². The highest BCUT2D eigenvalue weighted by molar-refractivity contribution is 6.04. The number of anilines is 2. The summed E-state index contributed by atoms with van der Waals surface area (Å²) in [7, 11) is 0. The van der Waals surface area contributed by atoms with E-state index in [9.17, 15) is 19.5 Å². The van der Waals surface area contributed by atoms with Crippen molar-refractivity contribution < 1.29 is 19.4 Å². The number of nitrogens with two attached hydrogens (primary N) is 1. The molecule has 182 valence electrons. The number of carbonyl (C=O) groups is 2. The van der Waals surface area contributed by atoms with E-state index in [0.29, 0.717) is 33.6 Å². The van der Waals surface area contributed by atoms with E-state index in [1.807, 2.05) is 6.07 Å². The van der Waals surface area contributed by atoms with Crippen LogP contribution in [0.3, 0.4) is 0 Å². The number of rotatable bonds is 5. The van der Waals surface area contributed by atoms with Gasteiger partial charge in [-0.25, -0.2) is 0 Å². The van der Waals surface area contributed by atoms with Gasteiger partial charge in [0.05, 0.1) is 23.8 Å². The topological polar surface area (TPSA) is 162 Å². The molecule has 11 heteroatoms. The number of aromatic amines is 1. The second-order valence-corrected chi connectivity index (χ2v) is 7.96. The van der Waals surface area contributed by atoms with Crippen molar-refractivity contribution in [3.63, 3.8) is 0 Å². The zero-order valence-corrected chi connectivity index (χ0v) is 19.6. The van der Waals surface area contributed by atoms with E-state index in [-0.39, 0.29) is 37.7 Å². The molecule has 1 fully saturated rings. The minimum Gasteiger partial charge on any atom is -0.380 e.